The van der Waals surface area contributed by atoms with Crippen LogP contribution in [0.25, 0.3) is 0 Å². The van der Waals surface area contributed by atoms with Gasteiger partial charge in [-0.3, -0.25) is 9.69 Å². The van der Waals surface area contributed by atoms with E-state index in [4.69, 9.17) is 4.74 Å². The highest BCUT2D eigenvalue weighted by molar-refractivity contribution is 5.75. The van der Waals surface area contributed by atoms with Crippen LogP contribution in [0, 0.1) is 5.92 Å². The summed E-state index contributed by atoms with van der Waals surface area (Å²) in [6, 6.07) is 10.4. The average Bonchev–Trinajstić information content (AvgIpc) is 2.55. The van der Waals surface area contributed by atoms with Gasteiger partial charge in [0, 0.05) is 19.1 Å². The van der Waals surface area contributed by atoms with E-state index in [0.717, 1.165) is 25.9 Å². The highest BCUT2D eigenvalue weighted by atomic mass is 16.5. The summed E-state index contributed by atoms with van der Waals surface area (Å²) in [4.78, 5) is 14.6. The number of benzene rings is 1. The molecule has 3 nitrogen and oxygen atoms in total. The zero-order valence-electron chi connectivity index (χ0n) is 14.4. The van der Waals surface area contributed by atoms with E-state index in [1.165, 1.54) is 5.56 Å². The fourth-order valence-electron chi connectivity index (χ4n) is 2.83. The summed E-state index contributed by atoms with van der Waals surface area (Å²) in [6.45, 7) is 13.6. The third-order valence-electron chi connectivity index (χ3n) is 3.87. The molecule has 3 heteroatoms. The third-order valence-corrected chi connectivity index (χ3v) is 3.87. The van der Waals surface area contributed by atoms with Crippen LogP contribution in [-0.2, 0) is 16.1 Å². The molecule has 1 aromatic carbocycles. The van der Waals surface area contributed by atoms with E-state index >= 15 is 0 Å². The van der Waals surface area contributed by atoms with Crippen LogP contribution in [-0.4, -0.2) is 30.1 Å². The predicted molar refractivity (Wildman–Crippen MR) is 96.1 cm³/mol. The molecular weight excluding hydrogens is 286 g/mol. The van der Waals surface area contributed by atoms with Crippen LogP contribution in [0.1, 0.15) is 32.3 Å². The first-order valence-electron chi connectivity index (χ1n) is 8.35. The molecule has 1 aromatic rings. The molecule has 23 heavy (non-hydrogen) atoms. The third kappa shape index (κ3) is 6.03. The van der Waals surface area contributed by atoms with Crippen molar-refractivity contribution in [1.29, 1.82) is 0 Å². The van der Waals surface area contributed by atoms with Gasteiger partial charge in [-0.1, -0.05) is 55.8 Å². The van der Waals surface area contributed by atoms with Gasteiger partial charge in [0.15, 0.2) is 0 Å². The second kappa shape index (κ2) is 10.8. The molecule has 1 rings (SSSR count). The minimum Gasteiger partial charge on any atom is -0.465 e. The maximum Gasteiger partial charge on any atom is 0.314 e. The van der Waals surface area contributed by atoms with Crippen molar-refractivity contribution >= 4 is 5.97 Å². The SMILES string of the molecule is C=CCN(Cc1ccccc1)C(CCC)C(C=C)C(=O)OCC. The number of carbonyl (C=O) groups excluding carboxylic acids is 1. The van der Waals surface area contributed by atoms with Crippen LogP contribution in [0.2, 0.25) is 0 Å². The molecule has 0 aliphatic rings. The molecule has 0 aliphatic heterocycles. The largest absolute Gasteiger partial charge is 0.465 e. The molecule has 0 radical (unpaired) electrons. The monoisotopic (exact) mass is 315 g/mol. The zero-order chi connectivity index (χ0) is 17.1. The number of nitrogens with zero attached hydrogens (tertiary/aromatic N) is 1. The summed E-state index contributed by atoms with van der Waals surface area (Å²) >= 11 is 0. The molecule has 2 atom stereocenters. The Labute approximate surface area is 140 Å². The van der Waals surface area contributed by atoms with E-state index in [0.29, 0.717) is 6.61 Å². The Morgan fingerprint density at radius 3 is 2.48 bits per heavy atom. The number of hydrogen-bond acceptors (Lipinski definition) is 3. The summed E-state index contributed by atoms with van der Waals surface area (Å²) in [5.74, 6) is -0.512. The van der Waals surface area contributed by atoms with Crippen LogP contribution in [0.15, 0.2) is 55.6 Å². The standard InChI is InChI=1S/C20H29NO2/c1-5-12-19(18(7-3)20(22)23-8-4)21(15-6-2)16-17-13-10-9-11-14-17/h6-7,9-11,13-14,18-19H,2-3,5,8,12,15-16H2,1,4H3. The van der Waals surface area contributed by atoms with Gasteiger partial charge in [0.2, 0.25) is 0 Å². The minimum absolute atomic E-state index is 0.0646. The Morgan fingerprint density at radius 1 is 1.26 bits per heavy atom. The van der Waals surface area contributed by atoms with Gasteiger partial charge in [0.1, 0.15) is 0 Å². The van der Waals surface area contributed by atoms with Crippen molar-refractivity contribution < 1.29 is 9.53 Å². The summed E-state index contributed by atoms with van der Waals surface area (Å²) in [5, 5.41) is 0. The van der Waals surface area contributed by atoms with Gasteiger partial charge in [0.25, 0.3) is 0 Å². The molecule has 126 valence electrons. The summed E-state index contributed by atoms with van der Waals surface area (Å²) in [6.07, 6.45) is 5.52. The Bertz CT molecular complexity index is 484. The van der Waals surface area contributed by atoms with Crippen LogP contribution >= 0.6 is 0 Å². The highest BCUT2D eigenvalue weighted by Gasteiger charge is 2.30. The van der Waals surface area contributed by atoms with Gasteiger partial charge in [-0.2, -0.15) is 0 Å². The van der Waals surface area contributed by atoms with E-state index < -0.39 is 0 Å². The molecule has 0 fully saturated rings. The topological polar surface area (TPSA) is 29.5 Å². The van der Waals surface area contributed by atoms with Crippen LogP contribution in [0.4, 0.5) is 0 Å². The van der Waals surface area contributed by atoms with Crippen molar-refractivity contribution in [3.05, 3.63) is 61.2 Å². The zero-order valence-corrected chi connectivity index (χ0v) is 14.4. The summed E-state index contributed by atoms with van der Waals surface area (Å²) in [7, 11) is 0. The van der Waals surface area contributed by atoms with Gasteiger partial charge < -0.3 is 4.74 Å². The maximum atomic E-state index is 12.3. The summed E-state index contributed by atoms with van der Waals surface area (Å²) < 4.78 is 5.24. The predicted octanol–water partition coefficient (Wildman–Crippen LogP) is 4.21. The number of ether oxygens (including phenoxy) is 1. The van der Waals surface area contributed by atoms with Gasteiger partial charge in [-0.05, 0) is 18.9 Å². The smallest absolute Gasteiger partial charge is 0.314 e. The van der Waals surface area contributed by atoms with Crippen molar-refractivity contribution in [3.63, 3.8) is 0 Å². The quantitative estimate of drug-likeness (QED) is 0.452. The van der Waals surface area contributed by atoms with Gasteiger partial charge in [0.05, 0.1) is 12.5 Å². The molecule has 2 unspecified atom stereocenters. The fourth-order valence-corrected chi connectivity index (χ4v) is 2.83. The number of esters is 1. The van der Waals surface area contributed by atoms with E-state index in [1.54, 1.807) is 6.08 Å². The molecule has 0 N–H and O–H groups in total. The van der Waals surface area contributed by atoms with Crippen LogP contribution in [0.5, 0.6) is 0 Å². The Balaban J connectivity index is 3.01. The first kappa shape index (κ1) is 19.2. The van der Waals surface area contributed by atoms with Crippen LogP contribution < -0.4 is 0 Å². The lowest BCUT2D eigenvalue weighted by molar-refractivity contribution is -0.148. The van der Waals surface area contributed by atoms with Gasteiger partial charge in [-0.25, -0.2) is 0 Å². The molecule has 0 amide bonds. The average molecular weight is 315 g/mol. The van der Waals surface area contributed by atoms with E-state index in [1.807, 2.05) is 31.2 Å². The van der Waals surface area contributed by atoms with Crippen molar-refractivity contribution in [2.24, 2.45) is 5.92 Å². The van der Waals surface area contributed by atoms with E-state index in [9.17, 15) is 4.79 Å². The molecule has 0 saturated carbocycles. The van der Waals surface area contributed by atoms with Crippen LogP contribution in [0.3, 0.4) is 0 Å². The first-order valence-corrected chi connectivity index (χ1v) is 8.35. The molecule has 0 bridgehead atoms. The van der Waals surface area contributed by atoms with E-state index in [2.05, 4.69) is 37.1 Å². The number of carbonyl (C=O) groups is 1. The van der Waals surface area contributed by atoms with Gasteiger partial charge >= 0.3 is 5.97 Å². The minimum atomic E-state index is -0.321. The summed E-state index contributed by atoms with van der Waals surface area (Å²) in [5.41, 5.74) is 1.22. The molecule has 0 aliphatic carbocycles. The maximum absolute atomic E-state index is 12.3. The van der Waals surface area contributed by atoms with E-state index in [-0.39, 0.29) is 17.9 Å². The second-order valence-electron chi connectivity index (χ2n) is 5.57. The van der Waals surface area contributed by atoms with Gasteiger partial charge in [-0.15, -0.1) is 13.2 Å². The lowest BCUT2D eigenvalue weighted by Crippen LogP contribution is -2.43. The van der Waals surface area contributed by atoms with Crippen molar-refractivity contribution in [2.75, 3.05) is 13.2 Å². The molecule has 0 aromatic heterocycles. The molecular formula is C20H29NO2. The Kier molecular flexibility index (Phi) is 9.00. The van der Waals surface area contributed by atoms with Crippen molar-refractivity contribution in [1.82, 2.24) is 4.90 Å². The van der Waals surface area contributed by atoms with Crippen molar-refractivity contribution in [3.8, 4) is 0 Å². The highest BCUT2D eigenvalue weighted by Crippen LogP contribution is 2.22. The second-order valence-corrected chi connectivity index (χ2v) is 5.57. The molecule has 0 spiro atoms. The Morgan fingerprint density at radius 2 is 1.96 bits per heavy atom. The molecule has 0 saturated heterocycles. The number of rotatable bonds is 11. The molecule has 0 heterocycles. The Hall–Kier alpha value is -1.87. The fraction of sp³-hybridized carbons (Fsp3) is 0.450. The number of hydrogen-bond donors (Lipinski definition) is 0. The lowest BCUT2D eigenvalue weighted by Gasteiger charge is -2.34. The van der Waals surface area contributed by atoms with Crippen molar-refractivity contribution in [2.45, 2.75) is 39.3 Å². The lowest BCUT2D eigenvalue weighted by atomic mass is 9.93. The normalized spacial score (nSPS) is 13.3. The first-order chi connectivity index (χ1) is 11.2.